The standard InChI is InChI=1S/C10H17N3O/c1-4-7(3)11-9-6-10(14)13-8(5-2)12-9/h6-7H,4-5H2,1-3H3,(H2,11,12,13,14). The summed E-state index contributed by atoms with van der Waals surface area (Å²) in [5.74, 6) is 1.39. The molecule has 0 aliphatic heterocycles. The Hall–Kier alpha value is -1.32. The van der Waals surface area contributed by atoms with Crippen molar-refractivity contribution in [3.05, 3.63) is 22.2 Å². The Bertz CT molecular complexity index is 345. The van der Waals surface area contributed by atoms with Crippen LogP contribution >= 0.6 is 0 Å². The number of H-pyrrole nitrogens is 1. The van der Waals surface area contributed by atoms with E-state index in [2.05, 4.69) is 29.1 Å². The summed E-state index contributed by atoms with van der Waals surface area (Å²) in [6.07, 6.45) is 1.75. The van der Waals surface area contributed by atoms with Gasteiger partial charge in [-0.25, -0.2) is 4.98 Å². The first kappa shape index (κ1) is 10.8. The molecule has 14 heavy (non-hydrogen) atoms. The average molecular weight is 195 g/mol. The second-order valence-electron chi connectivity index (χ2n) is 3.38. The molecule has 1 unspecified atom stereocenters. The fourth-order valence-corrected chi connectivity index (χ4v) is 1.10. The van der Waals surface area contributed by atoms with Crippen LogP contribution < -0.4 is 10.9 Å². The molecule has 0 bridgehead atoms. The van der Waals surface area contributed by atoms with Crippen LogP contribution in [0.2, 0.25) is 0 Å². The number of rotatable bonds is 4. The van der Waals surface area contributed by atoms with E-state index in [1.165, 1.54) is 6.07 Å². The van der Waals surface area contributed by atoms with E-state index >= 15 is 0 Å². The van der Waals surface area contributed by atoms with Crippen LogP contribution in [-0.2, 0) is 6.42 Å². The normalized spacial score (nSPS) is 12.5. The summed E-state index contributed by atoms with van der Waals surface area (Å²) in [6, 6.07) is 1.83. The summed E-state index contributed by atoms with van der Waals surface area (Å²) in [6.45, 7) is 6.12. The molecule has 1 aromatic rings. The molecular weight excluding hydrogens is 178 g/mol. The van der Waals surface area contributed by atoms with Gasteiger partial charge in [0.25, 0.3) is 5.56 Å². The maximum absolute atomic E-state index is 11.2. The molecule has 78 valence electrons. The zero-order chi connectivity index (χ0) is 10.6. The molecule has 0 saturated carbocycles. The number of nitrogens with zero attached hydrogens (tertiary/aromatic N) is 1. The van der Waals surface area contributed by atoms with Crippen molar-refractivity contribution in [1.82, 2.24) is 9.97 Å². The third-order valence-electron chi connectivity index (χ3n) is 2.13. The monoisotopic (exact) mass is 195 g/mol. The van der Waals surface area contributed by atoms with Gasteiger partial charge < -0.3 is 10.3 Å². The van der Waals surface area contributed by atoms with E-state index in [9.17, 15) is 4.79 Å². The van der Waals surface area contributed by atoms with Crippen molar-refractivity contribution in [2.24, 2.45) is 0 Å². The van der Waals surface area contributed by atoms with Gasteiger partial charge in [-0.1, -0.05) is 13.8 Å². The van der Waals surface area contributed by atoms with Gasteiger partial charge in [0.1, 0.15) is 11.6 Å². The molecule has 1 rings (SSSR count). The van der Waals surface area contributed by atoms with Crippen molar-refractivity contribution in [1.29, 1.82) is 0 Å². The molecule has 0 saturated heterocycles. The Kier molecular flexibility index (Phi) is 3.68. The van der Waals surface area contributed by atoms with Gasteiger partial charge in [-0.2, -0.15) is 0 Å². The second kappa shape index (κ2) is 4.79. The van der Waals surface area contributed by atoms with Crippen LogP contribution in [0.4, 0.5) is 5.82 Å². The Morgan fingerprint density at radius 1 is 1.57 bits per heavy atom. The largest absolute Gasteiger partial charge is 0.367 e. The third-order valence-corrected chi connectivity index (χ3v) is 2.13. The van der Waals surface area contributed by atoms with E-state index in [0.29, 0.717) is 11.9 Å². The van der Waals surface area contributed by atoms with Gasteiger partial charge >= 0.3 is 0 Å². The van der Waals surface area contributed by atoms with Crippen LogP contribution in [0, 0.1) is 0 Å². The highest BCUT2D eigenvalue weighted by Gasteiger charge is 2.02. The van der Waals surface area contributed by atoms with Gasteiger partial charge in [-0.15, -0.1) is 0 Å². The Morgan fingerprint density at radius 3 is 2.86 bits per heavy atom. The van der Waals surface area contributed by atoms with Crippen molar-refractivity contribution < 1.29 is 0 Å². The smallest absolute Gasteiger partial charge is 0.252 e. The number of hydrogen-bond acceptors (Lipinski definition) is 3. The van der Waals surface area contributed by atoms with Crippen LogP contribution in [-0.4, -0.2) is 16.0 Å². The van der Waals surface area contributed by atoms with Crippen LogP contribution in [0.15, 0.2) is 10.9 Å². The van der Waals surface area contributed by atoms with Crippen molar-refractivity contribution in [2.75, 3.05) is 5.32 Å². The molecule has 2 N–H and O–H groups in total. The molecule has 1 heterocycles. The van der Waals surface area contributed by atoms with Crippen LogP contribution in [0.1, 0.15) is 33.0 Å². The van der Waals surface area contributed by atoms with Gasteiger partial charge in [0.05, 0.1) is 0 Å². The number of anilines is 1. The maximum Gasteiger partial charge on any atom is 0.252 e. The molecule has 0 amide bonds. The topological polar surface area (TPSA) is 57.8 Å². The molecule has 4 nitrogen and oxygen atoms in total. The van der Waals surface area contributed by atoms with Crippen LogP contribution in [0.5, 0.6) is 0 Å². The Labute approximate surface area is 83.8 Å². The Morgan fingerprint density at radius 2 is 2.29 bits per heavy atom. The first-order chi connectivity index (χ1) is 6.65. The lowest BCUT2D eigenvalue weighted by Gasteiger charge is -2.11. The SMILES string of the molecule is CCc1nc(NC(C)CC)cc(=O)[nH]1. The van der Waals surface area contributed by atoms with Gasteiger partial charge in [0.15, 0.2) is 0 Å². The van der Waals surface area contributed by atoms with Gasteiger partial charge in [-0.05, 0) is 13.3 Å². The highest BCUT2D eigenvalue weighted by Crippen LogP contribution is 2.03. The fourth-order valence-electron chi connectivity index (χ4n) is 1.10. The number of aromatic nitrogens is 2. The molecule has 1 atom stereocenters. The maximum atomic E-state index is 11.2. The minimum absolute atomic E-state index is 0.0948. The first-order valence-corrected chi connectivity index (χ1v) is 5.02. The number of aryl methyl sites for hydroxylation is 1. The molecular formula is C10H17N3O. The predicted octanol–water partition coefficient (Wildman–Crippen LogP) is 1.54. The molecule has 0 spiro atoms. The highest BCUT2D eigenvalue weighted by atomic mass is 16.1. The lowest BCUT2D eigenvalue weighted by molar-refractivity contribution is 0.754. The molecule has 0 aliphatic rings. The Balaban J connectivity index is 2.86. The van der Waals surface area contributed by atoms with E-state index in [1.54, 1.807) is 0 Å². The summed E-state index contributed by atoms with van der Waals surface area (Å²) in [5.41, 5.74) is -0.0948. The van der Waals surface area contributed by atoms with Crippen molar-refractivity contribution in [2.45, 2.75) is 39.7 Å². The molecule has 1 aromatic heterocycles. The minimum atomic E-state index is -0.0948. The number of aromatic amines is 1. The summed E-state index contributed by atoms with van der Waals surface area (Å²) in [7, 11) is 0. The van der Waals surface area contributed by atoms with Crippen LogP contribution in [0.3, 0.4) is 0 Å². The fraction of sp³-hybridized carbons (Fsp3) is 0.600. The molecule has 0 fully saturated rings. The van der Waals surface area contributed by atoms with Gasteiger partial charge in [0, 0.05) is 18.5 Å². The number of nitrogens with one attached hydrogen (secondary N) is 2. The van der Waals surface area contributed by atoms with Crippen LogP contribution in [0.25, 0.3) is 0 Å². The van der Waals surface area contributed by atoms with Crippen molar-refractivity contribution in [3.63, 3.8) is 0 Å². The molecule has 0 aromatic carbocycles. The zero-order valence-electron chi connectivity index (χ0n) is 8.92. The molecule has 0 radical (unpaired) electrons. The van der Waals surface area contributed by atoms with E-state index in [1.807, 2.05) is 6.92 Å². The lowest BCUT2D eigenvalue weighted by Crippen LogP contribution is -2.18. The summed E-state index contributed by atoms with van der Waals surface area (Å²) >= 11 is 0. The summed E-state index contributed by atoms with van der Waals surface area (Å²) in [5, 5.41) is 3.18. The minimum Gasteiger partial charge on any atom is -0.367 e. The predicted molar refractivity (Wildman–Crippen MR) is 57.6 cm³/mol. The third kappa shape index (κ3) is 2.87. The quantitative estimate of drug-likeness (QED) is 0.766. The van der Waals surface area contributed by atoms with Gasteiger partial charge in [0.2, 0.25) is 0 Å². The van der Waals surface area contributed by atoms with Crippen molar-refractivity contribution in [3.8, 4) is 0 Å². The zero-order valence-corrected chi connectivity index (χ0v) is 8.92. The molecule has 4 heteroatoms. The van der Waals surface area contributed by atoms with E-state index in [0.717, 1.165) is 18.7 Å². The summed E-state index contributed by atoms with van der Waals surface area (Å²) in [4.78, 5) is 18.2. The average Bonchev–Trinajstić information content (AvgIpc) is 2.16. The van der Waals surface area contributed by atoms with E-state index in [-0.39, 0.29) is 5.56 Å². The lowest BCUT2D eigenvalue weighted by atomic mass is 10.2. The van der Waals surface area contributed by atoms with Crippen molar-refractivity contribution >= 4 is 5.82 Å². The van der Waals surface area contributed by atoms with Gasteiger partial charge in [-0.3, -0.25) is 4.79 Å². The molecule has 0 aliphatic carbocycles. The first-order valence-electron chi connectivity index (χ1n) is 5.02. The summed E-state index contributed by atoms with van der Waals surface area (Å²) < 4.78 is 0. The van der Waals surface area contributed by atoms with E-state index in [4.69, 9.17) is 0 Å². The highest BCUT2D eigenvalue weighted by molar-refractivity contribution is 5.33. The number of hydrogen-bond donors (Lipinski definition) is 2. The van der Waals surface area contributed by atoms with E-state index < -0.39 is 0 Å². The second-order valence-corrected chi connectivity index (χ2v) is 3.38.